The van der Waals surface area contributed by atoms with Gasteiger partial charge in [0.1, 0.15) is 5.82 Å². The predicted octanol–water partition coefficient (Wildman–Crippen LogP) is 3.00. The summed E-state index contributed by atoms with van der Waals surface area (Å²) >= 11 is 3.74. The molecule has 0 aromatic carbocycles. The van der Waals surface area contributed by atoms with Gasteiger partial charge in [-0.05, 0) is 40.8 Å². The van der Waals surface area contributed by atoms with Crippen LogP contribution in [0.2, 0.25) is 0 Å². The van der Waals surface area contributed by atoms with Crippen LogP contribution in [0.25, 0.3) is 0 Å². The summed E-state index contributed by atoms with van der Waals surface area (Å²) in [6.07, 6.45) is 1.65. The highest BCUT2D eigenvalue weighted by Gasteiger charge is 2.07. The number of hydrogen-bond donors (Lipinski definition) is 1. The Kier molecular flexibility index (Phi) is 3.32. The number of nitrogens with zero attached hydrogens (tertiary/aromatic N) is 1. The van der Waals surface area contributed by atoms with Crippen LogP contribution in [0.4, 0.5) is 5.82 Å². The number of aromatic nitrogens is 1. The predicted molar refractivity (Wildman–Crippen MR) is 69.2 cm³/mol. The molecule has 3 nitrogen and oxygen atoms in total. The SMILES string of the molecule is O=C(Nc1ccccn1)c1csc(I)c1. The molecule has 0 saturated carbocycles. The van der Waals surface area contributed by atoms with E-state index in [-0.39, 0.29) is 5.91 Å². The summed E-state index contributed by atoms with van der Waals surface area (Å²) in [7, 11) is 0. The molecule has 0 fully saturated rings. The van der Waals surface area contributed by atoms with Crippen LogP contribution < -0.4 is 5.32 Å². The number of carbonyl (C=O) groups is 1. The van der Waals surface area contributed by atoms with Crippen molar-refractivity contribution in [3.63, 3.8) is 0 Å². The van der Waals surface area contributed by atoms with Crippen molar-refractivity contribution in [2.24, 2.45) is 0 Å². The number of anilines is 1. The summed E-state index contributed by atoms with van der Waals surface area (Å²) in [5, 5.41) is 4.56. The summed E-state index contributed by atoms with van der Waals surface area (Å²) in [6, 6.07) is 7.25. The van der Waals surface area contributed by atoms with Gasteiger partial charge in [-0.25, -0.2) is 4.98 Å². The van der Waals surface area contributed by atoms with Crippen molar-refractivity contribution >= 4 is 45.7 Å². The zero-order valence-corrected chi connectivity index (χ0v) is 10.6. The van der Waals surface area contributed by atoms with Gasteiger partial charge in [-0.2, -0.15) is 0 Å². The number of halogens is 1. The molecule has 1 amide bonds. The summed E-state index contributed by atoms with van der Waals surface area (Å²) < 4.78 is 1.10. The van der Waals surface area contributed by atoms with E-state index >= 15 is 0 Å². The van der Waals surface area contributed by atoms with Crippen molar-refractivity contribution in [2.45, 2.75) is 0 Å². The first-order valence-corrected chi connectivity index (χ1v) is 6.18. The van der Waals surface area contributed by atoms with Crippen LogP contribution in [0.1, 0.15) is 10.4 Å². The van der Waals surface area contributed by atoms with Crippen LogP contribution in [-0.2, 0) is 0 Å². The number of thiophene rings is 1. The van der Waals surface area contributed by atoms with Crippen molar-refractivity contribution in [1.82, 2.24) is 4.98 Å². The Bertz CT molecular complexity index is 469. The van der Waals surface area contributed by atoms with Crippen LogP contribution in [0.3, 0.4) is 0 Å². The zero-order chi connectivity index (χ0) is 10.7. The van der Waals surface area contributed by atoms with Crippen molar-refractivity contribution in [3.05, 3.63) is 44.3 Å². The van der Waals surface area contributed by atoms with Crippen LogP contribution in [0.5, 0.6) is 0 Å². The molecule has 2 rings (SSSR count). The second kappa shape index (κ2) is 4.71. The van der Waals surface area contributed by atoms with Crippen LogP contribution in [0.15, 0.2) is 35.8 Å². The Balaban J connectivity index is 2.11. The largest absolute Gasteiger partial charge is 0.307 e. The van der Waals surface area contributed by atoms with Gasteiger partial charge in [0.2, 0.25) is 0 Å². The van der Waals surface area contributed by atoms with E-state index in [9.17, 15) is 4.79 Å². The summed E-state index contributed by atoms with van der Waals surface area (Å²) in [4.78, 5) is 15.7. The maximum atomic E-state index is 11.7. The van der Waals surface area contributed by atoms with Gasteiger partial charge in [0.25, 0.3) is 5.91 Å². The number of rotatable bonds is 2. The van der Waals surface area contributed by atoms with E-state index in [0.29, 0.717) is 11.4 Å². The lowest BCUT2D eigenvalue weighted by Gasteiger charge is -2.00. The molecule has 0 bridgehead atoms. The standard InChI is InChI=1S/C10H7IN2OS/c11-8-5-7(6-15-8)10(14)13-9-3-1-2-4-12-9/h1-6H,(H,12,13,14). The van der Waals surface area contributed by atoms with Gasteiger partial charge in [-0.1, -0.05) is 6.07 Å². The van der Waals surface area contributed by atoms with Gasteiger partial charge in [-0.15, -0.1) is 11.3 Å². The molecule has 0 aliphatic rings. The van der Waals surface area contributed by atoms with E-state index in [1.54, 1.807) is 23.6 Å². The van der Waals surface area contributed by atoms with Crippen molar-refractivity contribution in [2.75, 3.05) is 5.32 Å². The Hall–Kier alpha value is -0.950. The fourth-order valence-corrected chi connectivity index (χ4v) is 2.38. The highest BCUT2D eigenvalue weighted by atomic mass is 127. The molecular weight excluding hydrogens is 323 g/mol. The number of carbonyl (C=O) groups excluding carboxylic acids is 1. The molecule has 0 radical (unpaired) electrons. The molecule has 5 heteroatoms. The minimum atomic E-state index is -0.118. The Labute approximate surface area is 105 Å². The van der Waals surface area contributed by atoms with Gasteiger partial charge < -0.3 is 5.32 Å². The maximum absolute atomic E-state index is 11.7. The van der Waals surface area contributed by atoms with Crippen molar-refractivity contribution < 1.29 is 4.79 Å². The van der Waals surface area contributed by atoms with E-state index in [1.807, 2.05) is 23.6 Å². The summed E-state index contributed by atoms with van der Waals surface area (Å²) in [5.41, 5.74) is 0.676. The highest BCUT2D eigenvalue weighted by molar-refractivity contribution is 14.1. The van der Waals surface area contributed by atoms with Gasteiger partial charge in [0.05, 0.1) is 8.45 Å². The molecule has 0 aliphatic carbocycles. The van der Waals surface area contributed by atoms with Crippen LogP contribution in [-0.4, -0.2) is 10.9 Å². The molecule has 0 aliphatic heterocycles. The van der Waals surface area contributed by atoms with Gasteiger partial charge in [0, 0.05) is 11.6 Å². The van der Waals surface area contributed by atoms with Gasteiger partial charge >= 0.3 is 0 Å². The van der Waals surface area contributed by atoms with Gasteiger partial charge in [0.15, 0.2) is 0 Å². The normalized spacial score (nSPS) is 9.93. The lowest BCUT2D eigenvalue weighted by atomic mass is 10.3. The fourth-order valence-electron chi connectivity index (χ4n) is 1.05. The Morgan fingerprint density at radius 3 is 2.93 bits per heavy atom. The first-order valence-electron chi connectivity index (χ1n) is 4.22. The average Bonchev–Trinajstić information content (AvgIpc) is 2.66. The monoisotopic (exact) mass is 330 g/mol. The third kappa shape index (κ3) is 2.75. The number of pyridine rings is 1. The molecule has 1 N–H and O–H groups in total. The second-order valence-electron chi connectivity index (χ2n) is 2.81. The van der Waals surface area contributed by atoms with Crippen molar-refractivity contribution in [3.8, 4) is 0 Å². The van der Waals surface area contributed by atoms with Gasteiger partial charge in [-0.3, -0.25) is 4.79 Å². The quantitative estimate of drug-likeness (QED) is 0.860. The number of amides is 1. The summed E-state index contributed by atoms with van der Waals surface area (Å²) in [5.74, 6) is 0.455. The molecule has 2 aromatic rings. The molecule has 76 valence electrons. The summed E-state index contributed by atoms with van der Waals surface area (Å²) in [6.45, 7) is 0. The average molecular weight is 330 g/mol. The smallest absolute Gasteiger partial charge is 0.257 e. The molecule has 0 saturated heterocycles. The van der Waals surface area contributed by atoms with E-state index in [0.717, 1.165) is 2.88 Å². The second-order valence-corrected chi connectivity index (χ2v) is 5.61. The van der Waals surface area contributed by atoms with Crippen LogP contribution >= 0.6 is 33.9 Å². The van der Waals surface area contributed by atoms with E-state index in [4.69, 9.17) is 0 Å². The van der Waals surface area contributed by atoms with E-state index in [1.165, 1.54) is 0 Å². The molecule has 0 unspecified atom stereocenters. The molecule has 2 aromatic heterocycles. The lowest BCUT2D eigenvalue weighted by Crippen LogP contribution is -2.11. The maximum Gasteiger partial charge on any atom is 0.257 e. The Morgan fingerprint density at radius 1 is 1.47 bits per heavy atom. The van der Waals surface area contributed by atoms with E-state index < -0.39 is 0 Å². The molecule has 2 heterocycles. The van der Waals surface area contributed by atoms with Crippen LogP contribution in [0, 0.1) is 2.88 Å². The zero-order valence-electron chi connectivity index (χ0n) is 7.61. The minimum absolute atomic E-state index is 0.118. The third-order valence-corrected chi connectivity index (χ3v) is 3.53. The third-order valence-electron chi connectivity index (χ3n) is 1.74. The topological polar surface area (TPSA) is 42.0 Å². The Morgan fingerprint density at radius 2 is 2.33 bits per heavy atom. The number of nitrogens with one attached hydrogen (secondary N) is 1. The molecule has 0 atom stereocenters. The highest BCUT2D eigenvalue weighted by Crippen LogP contribution is 2.17. The minimum Gasteiger partial charge on any atom is -0.307 e. The van der Waals surface area contributed by atoms with Crippen molar-refractivity contribution in [1.29, 1.82) is 0 Å². The first-order chi connectivity index (χ1) is 7.25. The molecule has 0 spiro atoms. The first kappa shape index (κ1) is 10.6. The molecular formula is C10H7IN2OS. The fraction of sp³-hybridized carbons (Fsp3) is 0. The lowest BCUT2D eigenvalue weighted by molar-refractivity contribution is 0.102. The van der Waals surface area contributed by atoms with E-state index in [2.05, 4.69) is 32.9 Å². The molecule has 15 heavy (non-hydrogen) atoms. The number of hydrogen-bond acceptors (Lipinski definition) is 3.